The normalized spacial score (nSPS) is 19.1. The van der Waals surface area contributed by atoms with E-state index in [0.717, 1.165) is 55.4 Å². The van der Waals surface area contributed by atoms with E-state index in [0.29, 0.717) is 12.6 Å². The summed E-state index contributed by atoms with van der Waals surface area (Å²) in [5.74, 6) is -0.0471. The van der Waals surface area contributed by atoms with Crippen LogP contribution in [-0.4, -0.2) is 64.3 Å². The Balaban J connectivity index is 1.39. The van der Waals surface area contributed by atoms with Gasteiger partial charge in [-0.15, -0.1) is 0 Å². The lowest BCUT2D eigenvalue weighted by molar-refractivity contribution is -0.862. The molecule has 2 aliphatic rings. The number of hydrogen-bond donors (Lipinski definition) is 3. The number of morpholine rings is 1. The van der Waals surface area contributed by atoms with Crippen molar-refractivity contribution in [2.45, 2.75) is 38.1 Å². The molecule has 1 atom stereocenters. The predicted octanol–water partition coefficient (Wildman–Crippen LogP) is 0.425. The van der Waals surface area contributed by atoms with Crippen LogP contribution in [-0.2, 0) is 14.3 Å². The molecule has 0 bridgehead atoms. The quantitative estimate of drug-likeness (QED) is 0.632. The van der Waals surface area contributed by atoms with Crippen LogP contribution in [0.4, 0.5) is 11.4 Å². The van der Waals surface area contributed by atoms with Crippen molar-refractivity contribution in [3.63, 3.8) is 0 Å². The fourth-order valence-electron chi connectivity index (χ4n) is 3.92. The van der Waals surface area contributed by atoms with Gasteiger partial charge in [-0.2, -0.15) is 0 Å². The molecule has 154 valence electrons. The van der Waals surface area contributed by atoms with Crippen LogP contribution in [0, 0.1) is 0 Å². The van der Waals surface area contributed by atoms with E-state index in [2.05, 4.69) is 15.5 Å². The lowest BCUT2D eigenvalue weighted by Crippen LogP contribution is -3.11. The van der Waals surface area contributed by atoms with Crippen molar-refractivity contribution in [3.05, 3.63) is 24.3 Å². The molecular formula is C21H33N4O3+. The van der Waals surface area contributed by atoms with E-state index in [1.807, 2.05) is 31.3 Å². The average Bonchev–Trinajstić information content (AvgIpc) is 2.69. The fourth-order valence-corrected chi connectivity index (χ4v) is 3.92. The van der Waals surface area contributed by atoms with Gasteiger partial charge in [-0.25, -0.2) is 0 Å². The highest BCUT2D eigenvalue weighted by Crippen LogP contribution is 2.19. The van der Waals surface area contributed by atoms with Gasteiger partial charge in [0.2, 0.25) is 0 Å². The largest absolute Gasteiger partial charge is 0.378 e. The van der Waals surface area contributed by atoms with Crippen molar-refractivity contribution in [2.24, 2.45) is 0 Å². The molecule has 1 aromatic carbocycles. The van der Waals surface area contributed by atoms with Crippen LogP contribution < -0.4 is 20.4 Å². The number of hydrogen-bond acceptors (Lipinski definition) is 4. The predicted molar refractivity (Wildman–Crippen MR) is 110 cm³/mol. The Morgan fingerprint density at radius 1 is 1.04 bits per heavy atom. The lowest BCUT2D eigenvalue weighted by atomic mass is 9.95. The second kappa shape index (κ2) is 10.4. The van der Waals surface area contributed by atoms with Crippen LogP contribution in [0.5, 0.6) is 0 Å². The number of nitrogens with one attached hydrogen (secondary N) is 3. The number of nitrogens with zero attached hydrogens (tertiary/aromatic N) is 1. The molecule has 1 heterocycles. The molecule has 1 aliphatic carbocycles. The van der Waals surface area contributed by atoms with E-state index in [-0.39, 0.29) is 18.4 Å². The first-order valence-electron chi connectivity index (χ1n) is 10.4. The van der Waals surface area contributed by atoms with Gasteiger partial charge in [0.1, 0.15) is 0 Å². The highest BCUT2D eigenvalue weighted by molar-refractivity contribution is 5.91. The average molecular weight is 390 g/mol. The van der Waals surface area contributed by atoms with Crippen LogP contribution in [0.15, 0.2) is 24.3 Å². The summed E-state index contributed by atoms with van der Waals surface area (Å²) < 4.78 is 5.37. The van der Waals surface area contributed by atoms with Gasteiger partial charge in [-0.05, 0) is 37.1 Å². The van der Waals surface area contributed by atoms with Gasteiger partial charge < -0.3 is 25.2 Å². The number of quaternary nitrogens is 1. The van der Waals surface area contributed by atoms with Crippen molar-refractivity contribution >= 4 is 23.2 Å². The summed E-state index contributed by atoms with van der Waals surface area (Å²) in [6.45, 7) is 3.87. The summed E-state index contributed by atoms with van der Waals surface area (Å²) in [7, 11) is 1.88. The van der Waals surface area contributed by atoms with Gasteiger partial charge in [0.05, 0.1) is 20.3 Å². The van der Waals surface area contributed by atoms with Crippen LogP contribution in [0.1, 0.15) is 32.1 Å². The lowest BCUT2D eigenvalue weighted by Gasteiger charge is -2.28. The first kappa shape index (κ1) is 20.6. The van der Waals surface area contributed by atoms with Gasteiger partial charge in [0, 0.05) is 30.5 Å². The first-order valence-corrected chi connectivity index (χ1v) is 10.4. The molecular weight excluding hydrogens is 356 g/mol. The van der Waals surface area contributed by atoms with Gasteiger partial charge in [-0.3, -0.25) is 9.59 Å². The van der Waals surface area contributed by atoms with Crippen molar-refractivity contribution in [3.8, 4) is 0 Å². The molecule has 0 aromatic heterocycles. The number of carbonyl (C=O) groups excluding carboxylic acids is 2. The maximum absolute atomic E-state index is 12.3. The second-order valence-electron chi connectivity index (χ2n) is 7.91. The van der Waals surface area contributed by atoms with E-state index < -0.39 is 0 Å². The number of amides is 2. The van der Waals surface area contributed by atoms with Crippen LogP contribution in [0.25, 0.3) is 0 Å². The Morgan fingerprint density at radius 2 is 1.68 bits per heavy atom. The monoisotopic (exact) mass is 389 g/mol. The minimum absolute atomic E-state index is 0.0343. The second-order valence-corrected chi connectivity index (χ2v) is 7.91. The zero-order valence-corrected chi connectivity index (χ0v) is 16.8. The highest BCUT2D eigenvalue weighted by atomic mass is 16.5. The summed E-state index contributed by atoms with van der Waals surface area (Å²) in [6, 6.07) is 8.21. The number of anilines is 2. The third kappa shape index (κ3) is 6.49. The Hall–Kier alpha value is -2.12. The Labute approximate surface area is 167 Å². The maximum Gasteiger partial charge on any atom is 0.279 e. The summed E-state index contributed by atoms with van der Waals surface area (Å²) in [6.07, 6.45) is 5.81. The number of likely N-dealkylation sites (N-methyl/N-ethyl adjacent to an activating group) is 1. The molecule has 0 radical (unpaired) electrons. The van der Waals surface area contributed by atoms with E-state index in [1.165, 1.54) is 19.3 Å². The first-order chi connectivity index (χ1) is 13.6. The fraction of sp³-hybridized carbons (Fsp3) is 0.619. The van der Waals surface area contributed by atoms with Gasteiger partial charge in [0.15, 0.2) is 13.1 Å². The number of ether oxygens (including phenoxy) is 1. The molecule has 2 fully saturated rings. The summed E-state index contributed by atoms with van der Waals surface area (Å²) >= 11 is 0. The molecule has 0 spiro atoms. The van der Waals surface area contributed by atoms with Crippen molar-refractivity contribution < 1.29 is 19.2 Å². The zero-order chi connectivity index (χ0) is 19.8. The highest BCUT2D eigenvalue weighted by Gasteiger charge is 2.19. The van der Waals surface area contributed by atoms with E-state index in [1.54, 1.807) is 0 Å². The summed E-state index contributed by atoms with van der Waals surface area (Å²) in [5.41, 5.74) is 1.92. The molecule has 1 aliphatic heterocycles. The molecule has 1 unspecified atom stereocenters. The SMILES string of the molecule is C[NH+](CC(=O)Nc1ccc(N2CCOCC2)cc1)CC(=O)NC1CCCCC1. The smallest absolute Gasteiger partial charge is 0.279 e. The van der Waals surface area contributed by atoms with Crippen LogP contribution >= 0.6 is 0 Å². The molecule has 1 saturated carbocycles. The van der Waals surface area contributed by atoms with Crippen molar-refractivity contribution in [1.29, 1.82) is 0 Å². The molecule has 7 nitrogen and oxygen atoms in total. The molecule has 3 rings (SSSR count). The minimum atomic E-state index is -0.0814. The Kier molecular flexibility index (Phi) is 7.68. The third-order valence-electron chi connectivity index (χ3n) is 5.42. The molecule has 7 heteroatoms. The van der Waals surface area contributed by atoms with Gasteiger partial charge in [0.25, 0.3) is 11.8 Å². The van der Waals surface area contributed by atoms with Crippen LogP contribution in [0.2, 0.25) is 0 Å². The Morgan fingerprint density at radius 3 is 2.36 bits per heavy atom. The topological polar surface area (TPSA) is 75.1 Å². The third-order valence-corrected chi connectivity index (χ3v) is 5.42. The number of benzene rings is 1. The number of rotatable bonds is 7. The maximum atomic E-state index is 12.3. The summed E-state index contributed by atoms with van der Waals surface area (Å²) in [5, 5.41) is 6.03. The van der Waals surface area contributed by atoms with Crippen LogP contribution in [0.3, 0.4) is 0 Å². The van der Waals surface area contributed by atoms with E-state index in [4.69, 9.17) is 4.74 Å². The zero-order valence-electron chi connectivity index (χ0n) is 16.8. The van der Waals surface area contributed by atoms with Crippen molar-refractivity contribution in [2.75, 3.05) is 56.7 Å². The van der Waals surface area contributed by atoms with Gasteiger partial charge >= 0.3 is 0 Å². The molecule has 3 N–H and O–H groups in total. The molecule has 2 amide bonds. The molecule has 1 aromatic rings. The van der Waals surface area contributed by atoms with Gasteiger partial charge in [-0.1, -0.05) is 19.3 Å². The molecule has 28 heavy (non-hydrogen) atoms. The van der Waals surface area contributed by atoms with Crippen molar-refractivity contribution in [1.82, 2.24) is 5.32 Å². The summed E-state index contributed by atoms with van der Waals surface area (Å²) in [4.78, 5) is 27.6. The Bertz CT molecular complexity index is 638. The molecule has 1 saturated heterocycles. The minimum Gasteiger partial charge on any atom is -0.378 e. The standard InChI is InChI=1S/C21H32N4O3/c1-24(15-20(26)22-17-5-3-2-4-6-17)16-21(27)23-18-7-9-19(10-8-18)25-11-13-28-14-12-25/h7-10,17H,2-6,11-16H2,1H3,(H,22,26)(H,23,27)/p+1. The van der Waals surface area contributed by atoms with E-state index >= 15 is 0 Å². The number of carbonyl (C=O) groups is 2. The van der Waals surface area contributed by atoms with E-state index in [9.17, 15) is 9.59 Å².